The van der Waals surface area contributed by atoms with Crippen LogP contribution in [0.3, 0.4) is 0 Å². The van der Waals surface area contributed by atoms with Crippen LogP contribution in [0, 0.1) is 0 Å². The summed E-state index contributed by atoms with van der Waals surface area (Å²) in [5.74, 6) is 1.08. The van der Waals surface area contributed by atoms with Crippen LogP contribution in [0.15, 0.2) is 46.1 Å². The molecule has 1 unspecified atom stereocenters. The zero-order valence-electron chi connectivity index (χ0n) is 17.4. The van der Waals surface area contributed by atoms with Crippen molar-refractivity contribution in [2.45, 2.75) is 70.5 Å². The van der Waals surface area contributed by atoms with Gasteiger partial charge in [0.05, 0.1) is 19.7 Å². The van der Waals surface area contributed by atoms with Gasteiger partial charge in [0.15, 0.2) is 5.78 Å². The monoisotopic (exact) mass is 448 g/mol. The Hall–Kier alpha value is -1.13. The van der Waals surface area contributed by atoms with Gasteiger partial charge in [-0.15, -0.1) is 0 Å². The minimum atomic E-state index is -1.78. The number of ketones is 1. The number of ether oxygens (including phenoxy) is 1. The van der Waals surface area contributed by atoms with E-state index in [2.05, 4.69) is 67.9 Å². The van der Waals surface area contributed by atoms with Crippen molar-refractivity contribution in [3.8, 4) is 5.75 Å². The topological polar surface area (TPSA) is 26.3 Å². The van der Waals surface area contributed by atoms with Crippen LogP contribution in [0.4, 0.5) is 0 Å². The van der Waals surface area contributed by atoms with Gasteiger partial charge in [-0.1, -0.05) is 83.0 Å². The highest BCUT2D eigenvalue weighted by Gasteiger charge is 2.42. The summed E-state index contributed by atoms with van der Waals surface area (Å²) >= 11 is 3.64. The summed E-state index contributed by atoms with van der Waals surface area (Å²) in [6.07, 6.45) is 7.78. The van der Waals surface area contributed by atoms with Crippen molar-refractivity contribution in [2.24, 2.45) is 0 Å². The van der Waals surface area contributed by atoms with E-state index in [-0.39, 0.29) is 11.2 Å². The van der Waals surface area contributed by atoms with Crippen LogP contribution in [-0.2, 0) is 10.2 Å². The first kappa shape index (κ1) is 22.2. The molecule has 0 spiro atoms. The smallest absolute Gasteiger partial charge is 0.191 e. The highest BCUT2D eigenvalue weighted by Crippen LogP contribution is 2.44. The number of halogens is 1. The predicted molar refractivity (Wildman–Crippen MR) is 121 cm³/mol. The lowest BCUT2D eigenvalue weighted by Crippen LogP contribution is -2.42. The summed E-state index contributed by atoms with van der Waals surface area (Å²) in [7, 11) is -0.0903. The Labute approximate surface area is 174 Å². The molecule has 0 N–H and O–H groups in total. The zero-order valence-corrected chi connectivity index (χ0v) is 20.0. The van der Waals surface area contributed by atoms with Gasteiger partial charge in [0.1, 0.15) is 5.75 Å². The number of rotatable bonds is 9. The van der Waals surface area contributed by atoms with Crippen LogP contribution in [0.2, 0.25) is 18.1 Å². The summed E-state index contributed by atoms with van der Waals surface area (Å²) in [6, 6.07) is 11.7. The quantitative estimate of drug-likeness (QED) is 0.381. The predicted octanol–water partition coefficient (Wildman–Crippen LogP) is 6.96. The van der Waals surface area contributed by atoms with Gasteiger partial charge in [-0.05, 0) is 45.2 Å². The third kappa shape index (κ3) is 4.32. The highest BCUT2D eigenvalue weighted by molar-refractivity contribution is 9.12. The standard InChI is InChI=1S/C23H33BrO2Si/c1-6-10-15-23(18-11-13-19(26-5)14-12-18)16-20(24)22(25)21(17-23)27(7-2,8-3)9-4/h11-14,16-17H,6-10,15H2,1-5H3. The number of unbranched alkanes of at least 4 members (excludes halogenated alkanes) is 1. The second-order valence-corrected chi connectivity index (χ2v) is 13.7. The third-order valence-electron chi connectivity index (χ3n) is 6.42. The van der Waals surface area contributed by atoms with E-state index in [9.17, 15) is 4.79 Å². The third-order valence-corrected chi connectivity index (χ3v) is 12.6. The first-order chi connectivity index (χ1) is 12.9. The summed E-state index contributed by atoms with van der Waals surface area (Å²) in [6.45, 7) is 9.02. The van der Waals surface area contributed by atoms with Gasteiger partial charge < -0.3 is 4.74 Å². The molecule has 1 aromatic carbocycles. The zero-order chi connectivity index (χ0) is 20.1. The fourth-order valence-electron chi connectivity index (χ4n) is 4.33. The number of methoxy groups -OCH3 is 1. The molecule has 0 saturated heterocycles. The molecule has 148 valence electrons. The van der Waals surface area contributed by atoms with Crippen LogP contribution in [0.5, 0.6) is 5.75 Å². The lowest BCUT2D eigenvalue weighted by Gasteiger charge is -2.38. The Morgan fingerprint density at radius 3 is 2.07 bits per heavy atom. The molecule has 0 saturated carbocycles. The lowest BCUT2D eigenvalue weighted by molar-refractivity contribution is -0.111. The van der Waals surface area contributed by atoms with Crippen LogP contribution in [-0.4, -0.2) is 21.0 Å². The summed E-state index contributed by atoms with van der Waals surface area (Å²) in [5.41, 5.74) is 1.02. The van der Waals surface area contributed by atoms with E-state index in [1.807, 2.05) is 12.1 Å². The van der Waals surface area contributed by atoms with Crippen LogP contribution < -0.4 is 4.74 Å². The van der Waals surface area contributed by atoms with Crippen molar-refractivity contribution >= 4 is 29.8 Å². The van der Waals surface area contributed by atoms with E-state index in [4.69, 9.17) is 4.74 Å². The fourth-order valence-corrected chi connectivity index (χ4v) is 8.95. The molecular weight excluding hydrogens is 416 g/mol. The molecule has 2 nitrogen and oxygen atoms in total. The maximum atomic E-state index is 13.2. The molecular formula is C23H33BrO2Si. The average molecular weight is 450 g/mol. The SMILES string of the molecule is CCCCC1(c2ccc(OC)cc2)C=C(Br)C(=O)C([Si](CC)(CC)CC)=C1. The maximum Gasteiger partial charge on any atom is 0.191 e. The van der Waals surface area contributed by atoms with E-state index in [1.165, 1.54) is 5.56 Å². The second kappa shape index (κ2) is 9.38. The molecule has 4 heteroatoms. The van der Waals surface area contributed by atoms with E-state index in [0.717, 1.165) is 52.8 Å². The molecule has 1 atom stereocenters. The van der Waals surface area contributed by atoms with Gasteiger partial charge in [-0.25, -0.2) is 0 Å². The fraction of sp³-hybridized carbons (Fsp3) is 0.522. The molecule has 0 aliphatic heterocycles. The summed E-state index contributed by atoms with van der Waals surface area (Å²) in [5, 5.41) is 1.12. The van der Waals surface area contributed by atoms with E-state index in [0.29, 0.717) is 0 Å². The van der Waals surface area contributed by atoms with Gasteiger partial charge in [0.2, 0.25) is 0 Å². The van der Waals surface area contributed by atoms with Crippen molar-refractivity contribution in [3.63, 3.8) is 0 Å². The Bertz CT molecular complexity index is 708. The van der Waals surface area contributed by atoms with Crippen LogP contribution >= 0.6 is 15.9 Å². The van der Waals surface area contributed by atoms with Gasteiger partial charge in [0, 0.05) is 5.41 Å². The number of Topliss-reactive ketones (excluding diaryl/α,β-unsaturated/α-hetero) is 1. The molecule has 0 amide bonds. The van der Waals surface area contributed by atoms with E-state index in [1.54, 1.807) is 7.11 Å². The van der Waals surface area contributed by atoms with Gasteiger partial charge in [-0.2, -0.15) is 0 Å². The molecule has 1 aromatic rings. The molecule has 0 aromatic heterocycles. The minimum Gasteiger partial charge on any atom is -0.497 e. The molecule has 1 aliphatic carbocycles. The van der Waals surface area contributed by atoms with Crippen molar-refractivity contribution in [3.05, 3.63) is 51.7 Å². The van der Waals surface area contributed by atoms with Crippen LogP contribution in [0.1, 0.15) is 52.5 Å². The normalized spacial score (nSPS) is 20.3. The summed E-state index contributed by atoms with van der Waals surface area (Å²) in [4.78, 5) is 13.2. The molecule has 0 fully saturated rings. The number of carbonyl (C=O) groups is 1. The Morgan fingerprint density at radius 2 is 1.59 bits per heavy atom. The highest BCUT2D eigenvalue weighted by atomic mass is 79.9. The lowest BCUT2D eigenvalue weighted by atomic mass is 9.73. The molecule has 0 heterocycles. The van der Waals surface area contributed by atoms with Crippen molar-refractivity contribution in [1.29, 1.82) is 0 Å². The van der Waals surface area contributed by atoms with Gasteiger partial charge >= 0.3 is 0 Å². The molecule has 2 rings (SSSR count). The average Bonchev–Trinajstić information content (AvgIpc) is 2.71. The van der Waals surface area contributed by atoms with E-state index >= 15 is 0 Å². The number of benzene rings is 1. The van der Waals surface area contributed by atoms with Crippen molar-refractivity contribution in [2.75, 3.05) is 7.11 Å². The van der Waals surface area contributed by atoms with Crippen LogP contribution in [0.25, 0.3) is 0 Å². The molecule has 1 aliphatic rings. The van der Waals surface area contributed by atoms with E-state index < -0.39 is 8.07 Å². The number of hydrogen-bond donors (Lipinski definition) is 0. The van der Waals surface area contributed by atoms with Crippen molar-refractivity contribution in [1.82, 2.24) is 0 Å². The molecule has 0 bridgehead atoms. The number of carbonyl (C=O) groups excluding carboxylic acids is 1. The largest absolute Gasteiger partial charge is 0.497 e. The molecule has 0 radical (unpaired) electrons. The summed E-state index contributed by atoms with van der Waals surface area (Å²) < 4.78 is 6.08. The second-order valence-electron chi connectivity index (χ2n) is 7.59. The Kier molecular flexibility index (Phi) is 7.70. The van der Waals surface area contributed by atoms with Crippen molar-refractivity contribution < 1.29 is 9.53 Å². The first-order valence-electron chi connectivity index (χ1n) is 10.2. The maximum absolute atomic E-state index is 13.2. The number of hydrogen-bond acceptors (Lipinski definition) is 2. The number of allylic oxidation sites excluding steroid dienone is 4. The minimum absolute atomic E-state index is 0.216. The van der Waals surface area contributed by atoms with Gasteiger partial charge in [-0.3, -0.25) is 4.79 Å². The Balaban J connectivity index is 2.67. The Morgan fingerprint density at radius 1 is 1.00 bits per heavy atom. The first-order valence-corrected chi connectivity index (χ1v) is 13.6. The molecule has 27 heavy (non-hydrogen) atoms. The van der Waals surface area contributed by atoms with Gasteiger partial charge in [0.25, 0.3) is 0 Å².